The molecule has 1 heterocycles. The lowest BCUT2D eigenvalue weighted by Gasteiger charge is -2.36. The minimum absolute atomic E-state index is 0.0340. The van der Waals surface area contributed by atoms with Gasteiger partial charge in [-0.15, -0.1) is 0 Å². The Kier molecular flexibility index (Phi) is 5.67. The van der Waals surface area contributed by atoms with Crippen molar-refractivity contribution in [3.63, 3.8) is 0 Å². The third-order valence-electron chi connectivity index (χ3n) is 4.40. The van der Waals surface area contributed by atoms with Gasteiger partial charge >= 0.3 is 0 Å². The summed E-state index contributed by atoms with van der Waals surface area (Å²) in [5.74, 6) is 0.254. The first-order valence-corrected chi connectivity index (χ1v) is 9.28. The van der Waals surface area contributed by atoms with E-state index in [1.165, 1.54) is 0 Å². The number of rotatable bonds is 6. The van der Waals surface area contributed by atoms with E-state index in [0.717, 1.165) is 19.6 Å². The maximum atomic E-state index is 12.1. The molecule has 20 heavy (non-hydrogen) atoms. The van der Waals surface area contributed by atoms with Crippen LogP contribution in [-0.4, -0.2) is 44.2 Å². The van der Waals surface area contributed by atoms with Gasteiger partial charge in [-0.05, 0) is 54.4 Å². The molecule has 0 aromatic carbocycles. The van der Waals surface area contributed by atoms with Crippen LogP contribution in [-0.2, 0) is 14.6 Å². The van der Waals surface area contributed by atoms with Crippen LogP contribution in [0.5, 0.6) is 0 Å². The lowest BCUT2D eigenvalue weighted by molar-refractivity contribution is 0.0581. The number of hydrogen-bond acceptors (Lipinski definition) is 4. The van der Waals surface area contributed by atoms with Gasteiger partial charge in [-0.3, -0.25) is 0 Å². The van der Waals surface area contributed by atoms with Crippen molar-refractivity contribution >= 4 is 9.84 Å². The predicted molar refractivity (Wildman–Crippen MR) is 83.8 cm³/mol. The molecule has 1 aliphatic heterocycles. The first kappa shape index (κ1) is 17.9. The molecule has 0 saturated carbocycles. The molecule has 2 atom stereocenters. The van der Waals surface area contributed by atoms with Crippen LogP contribution in [0.4, 0.5) is 0 Å². The summed E-state index contributed by atoms with van der Waals surface area (Å²) in [5.41, 5.74) is -0.0263. The van der Waals surface area contributed by atoms with Crippen LogP contribution in [0.25, 0.3) is 0 Å². The second kappa shape index (κ2) is 6.32. The van der Waals surface area contributed by atoms with Crippen molar-refractivity contribution in [3.05, 3.63) is 0 Å². The van der Waals surface area contributed by atoms with Crippen molar-refractivity contribution in [2.45, 2.75) is 71.3 Å². The van der Waals surface area contributed by atoms with Crippen LogP contribution in [0, 0.1) is 5.41 Å². The Morgan fingerprint density at radius 2 is 1.95 bits per heavy atom. The normalized spacial score (nSPS) is 28.2. The largest absolute Gasteiger partial charge is 0.378 e. The second-order valence-corrected chi connectivity index (χ2v) is 10.1. The van der Waals surface area contributed by atoms with Gasteiger partial charge in [0.15, 0.2) is 9.84 Å². The summed E-state index contributed by atoms with van der Waals surface area (Å²) < 4.78 is 29.9. The van der Waals surface area contributed by atoms with Gasteiger partial charge in [0.05, 0.1) is 17.1 Å². The Morgan fingerprint density at radius 3 is 2.35 bits per heavy atom. The van der Waals surface area contributed by atoms with E-state index in [0.29, 0.717) is 6.42 Å². The lowest BCUT2D eigenvalue weighted by atomic mass is 9.78. The average Bonchev–Trinajstić information content (AvgIpc) is 2.65. The zero-order valence-corrected chi connectivity index (χ0v) is 14.6. The number of hydrogen-bond donors (Lipinski definition) is 1. The summed E-state index contributed by atoms with van der Waals surface area (Å²) in [7, 11) is -2.98. The fourth-order valence-corrected chi connectivity index (χ4v) is 3.65. The van der Waals surface area contributed by atoms with Gasteiger partial charge in [0, 0.05) is 24.1 Å². The van der Waals surface area contributed by atoms with E-state index in [1.807, 2.05) is 0 Å². The van der Waals surface area contributed by atoms with Gasteiger partial charge in [-0.1, -0.05) is 0 Å². The van der Waals surface area contributed by atoms with E-state index in [1.54, 1.807) is 13.8 Å². The Bertz CT molecular complexity index is 411. The molecule has 4 nitrogen and oxygen atoms in total. The molecule has 1 aliphatic rings. The number of ether oxygens (including phenoxy) is 1. The second-order valence-electron chi connectivity index (χ2n) is 7.39. The van der Waals surface area contributed by atoms with Crippen LogP contribution in [0.1, 0.15) is 54.4 Å². The summed E-state index contributed by atoms with van der Waals surface area (Å²) in [6, 6.07) is 0. The fraction of sp³-hybridized carbons (Fsp3) is 1.00. The third-order valence-corrected chi connectivity index (χ3v) is 6.61. The van der Waals surface area contributed by atoms with E-state index >= 15 is 0 Å². The minimum atomic E-state index is -2.98. The molecule has 0 aromatic rings. The van der Waals surface area contributed by atoms with Crippen molar-refractivity contribution in [3.8, 4) is 0 Å². The summed E-state index contributed by atoms with van der Waals surface area (Å²) in [4.78, 5) is 0. The standard InChI is InChI=1S/C15H31NO3S/c1-12(2)20(17,18)10-8-15(7-9-19-13(15)3)11-16-14(4,5)6/h12-13,16H,7-11H2,1-6H3. The molecule has 120 valence electrons. The highest BCUT2D eigenvalue weighted by atomic mass is 32.2. The van der Waals surface area contributed by atoms with E-state index in [9.17, 15) is 8.42 Å². The molecule has 1 N–H and O–H groups in total. The van der Waals surface area contributed by atoms with Crippen LogP contribution in [0.3, 0.4) is 0 Å². The van der Waals surface area contributed by atoms with E-state index in [4.69, 9.17) is 4.74 Å². The van der Waals surface area contributed by atoms with Crippen LogP contribution in [0.15, 0.2) is 0 Å². The highest BCUT2D eigenvalue weighted by Gasteiger charge is 2.42. The van der Waals surface area contributed by atoms with Gasteiger partial charge in [-0.25, -0.2) is 8.42 Å². The van der Waals surface area contributed by atoms with Crippen molar-refractivity contribution in [2.75, 3.05) is 18.9 Å². The topological polar surface area (TPSA) is 55.4 Å². The van der Waals surface area contributed by atoms with E-state index in [-0.39, 0.29) is 28.1 Å². The molecule has 2 unspecified atom stereocenters. The molecular weight excluding hydrogens is 274 g/mol. The predicted octanol–water partition coefficient (Wildman–Crippen LogP) is 2.38. The fourth-order valence-electron chi connectivity index (χ4n) is 2.49. The summed E-state index contributed by atoms with van der Waals surface area (Å²) in [6.07, 6.45) is 1.72. The first-order chi connectivity index (χ1) is 8.99. The van der Waals surface area contributed by atoms with Crippen molar-refractivity contribution in [1.29, 1.82) is 0 Å². The average molecular weight is 305 g/mol. The van der Waals surface area contributed by atoms with Crippen LogP contribution in [0.2, 0.25) is 0 Å². The molecule has 0 aliphatic carbocycles. The number of sulfone groups is 1. The van der Waals surface area contributed by atoms with Gasteiger partial charge in [0.2, 0.25) is 0 Å². The number of nitrogens with one attached hydrogen (secondary N) is 1. The minimum Gasteiger partial charge on any atom is -0.378 e. The zero-order valence-electron chi connectivity index (χ0n) is 13.8. The zero-order chi connectivity index (χ0) is 15.6. The van der Waals surface area contributed by atoms with Crippen molar-refractivity contribution < 1.29 is 13.2 Å². The highest BCUT2D eigenvalue weighted by Crippen LogP contribution is 2.38. The van der Waals surface area contributed by atoms with Gasteiger partial charge in [0.25, 0.3) is 0 Å². The lowest BCUT2D eigenvalue weighted by Crippen LogP contribution is -2.47. The van der Waals surface area contributed by atoms with E-state index < -0.39 is 9.84 Å². The maximum Gasteiger partial charge on any atom is 0.152 e. The molecule has 1 rings (SSSR count). The molecular formula is C15H31NO3S. The molecule has 0 bridgehead atoms. The highest BCUT2D eigenvalue weighted by molar-refractivity contribution is 7.91. The van der Waals surface area contributed by atoms with Gasteiger partial charge in [0.1, 0.15) is 0 Å². The monoisotopic (exact) mass is 305 g/mol. The van der Waals surface area contributed by atoms with Crippen LogP contribution >= 0.6 is 0 Å². The molecule has 1 fully saturated rings. The first-order valence-electron chi connectivity index (χ1n) is 7.57. The quantitative estimate of drug-likeness (QED) is 0.818. The molecule has 0 spiro atoms. The van der Waals surface area contributed by atoms with Crippen LogP contribution < -0.4 is 5.32 Å². The summed E-state index contributed by atoms with van der Waals surface area (Å²) >= 11 is 0. The Morgan fingerprint density at radius 1 is 1.35 bits per heavy atom. The SMILES string of the molecule is CC1OCCC1(CCS(=O)(=O)C(C)C)CNC(C)(C)C. The Labute approximate surface area is 124 Å². The third kappa shape index (κ3) is 4.71. The van der Waals surface area contributed by atoms with Gasteiger partial charge < -0.3 is 10.1 Å². The summed E-state index contributed by atoms with van der Waals surface area (Å²) in [5, 5.41) is 3.23. The molecule has 0 amide bonds. The Hall–Kier alpha value is -0.130. The smallest absolute Gasteiger partial charge is 0.152 e. The molecule has 0 aromatic heterocycles. The van der Waals surface area contributed by atoms with Gasteiger partial charge in [-0.2, -0.15) is 0 Å². The van der Waals surface area contributed by atoms with Crippen molar-refractivity contribution in [1.82, 2.24) is 5.32 Å². The molecule has 1 saturated heterocycles. The maximum absolute atomic E-state index is 12.1. The van der Waals surface area contributed by atoms with E-state index in [2.05, 4.69) is 33.0 Å². The molecule has 0 radical (unpaired) electrons. The summed E-state index contributed by atoms with van der Waals surface area (Å²) in [6.45, 7) is 13.5. The Balaban J connectivity index is 2.76. The molecule has 5 heteroatoms. The van der Waals surface area contributed by atoms with Crippen molar-refractivity contribution in [2.24, 2.45) is 5.41 Å².